The first-order valence-electron chi connectivity index (χ1n) is 4.58. The highest BCUT2D eigenvalue weighted by Crippen LogP contribution is 2.10. The van der Waals surface area contributed by atoms with Crippen molar-refractivity contribution in [1.82, 2.24) is 14.8 Å². The molecule has 1 aromatic heterocycles. The van der Waals surface area contributed by atoms with Gasteiger partial charge in [-0.1, -0.05) is 25.1 Å². The molecule has 14 heavy (non-hydrogen) atoms. The predicted molar refractivity (Wildman–Crippen MR) is 55.1 cm³/mol. The highest BCUT2D eigenvalue weighted by molar-refractivity contribution is 5.36. The fraction of sp³-hybridized carbons (Fsp3) is 0.200. The first-order chi connectivity index (χ1) is 6.81. The van der Waals surface area contributed by atoms with E-state index in [0.717, 1.165) is 17.9 Å². The number of nitrogen functional groups attached to an aromatic ring is 1. The highest BCUT2D eigenvalue weighted by atomic mass is 15.4. The van der Waals surface area contributed by atoms with Gasteiger partial charge in [-0.25, -0.2) is 0 Å². The first kappa shape index (κ1) is 8.74. The van der Waals surface area contributed by atoms with Gasteiger partial charge >= 0.3 is 0 Å². The Morgan fingerprint density at radius 1 is 1.29 bits per heavy atom. The Hall–Kier alpha value is -1.84. The SMILES string of the molecule is CCc1nc(N)n(-c2ccccc2)n1. The number of benzene rings is 1. The third-order valence-corrected chi connectivity index (χ3v) is 1.99. The van der Waals surface area contributed by atoms with Crippen LogP contribution in [0.4, 0.5) is 5.95 Å². The molecule has 0 aliphatic carbocycles. The smallest absolute Gasteiger partial charge is 0.223 e. The lowest BCUT2D eigenvalue weighted by Gasteiger charge is -2.00. The van der Waals surface area contributed by atoms with Crippen LogP contribution in [0.25, 0.3) is 5.69 Å². The summed E-state index contributed by atoms with van der Waals surface area (Å²) in [5, 5.41) is 4.28. The van der Waals surface area contributed by atoms with Crippen LogP contribution in [0.3, 0.4) is 0 Å². The summed E-state index contributed by atoms with van der Waals surface area (Å²) in [5.41, 5.74) is 6.68. The molecule has 2 rings (SSSR count). The zero-order valence-electron chi connectivity index (χ0n) is 8.01. The summed E-state index contributed by atoms with van der Waals surface area (Å²) in [7, 11) is 0. The van der Waals surface area contributed by atoms with Crippen LogP contribution in [0.15, 0.2) is 30.3 Å². The molecule has 0 aliphatic rings. The minimum atomic E-state index is 0.438. The van der Waals surface area contributed by atoms with E-state index in [1.165, 1.54) is 0 Å². The molecule has 0 radical (unpaired) electrons. The molecule has 2 N–H and O–H groups in total. The third kappa shape index (κ3) is 1.46. The molecule has 0 saturated carbocycles. The van der Waals surface area contributed by atoms with Gasteiger partial charge in [-0.05, 0) is 12.1 Å². The molecule has 4 nitrogen and oxygen atoms in total. The molecule has 1 heterocycles. The van der Waals surface area contributed by atoms with E-state index in [1.807, 2.05) is 37.3 Å². The molecule has 0 spiro atoms. The van der Waals surface area contributed by atoms with Crippen molar-refractivity contribution >= 4 is 5.95 Å². The molecule has 1 aromatic carbocycles. The van der Waals surface area contributed by atoms with Crippen molar-refractivity contribution in [2.45, 2.75) is 13.3 Å². The number of aromatic nitrogens is 3. The molecular formula is C10H12N4. The van der Waals surface area contributed by atoms with E-state index >= 15 is 0 Å². The normalized spacial score (nSPS) is 10.4. The molecule has 0 unspecified atom stereocenters. The van der Waals surface area contributed by atoms with E-state index < -0.39 is 0 Å². The van der Waals surface area contributed by atoms with E-state index in [9.17, 15) is 0 Å². The van der Waals surface area contributed by atoms with Gasteiger partial charge in [0, 0.05) is 6.42 Å². The lowest BCUT2D eigenvalue weighted by Crippen LogP contribution is -2.01. The van der Waals surface area contributed by atoms with Crippen molar-refractivity contribution in [2.75, 3.05) is 5.73 Å². The number of hydrogen-bond acceptors (Lipinski definition) is 3. The Balaban J connectivity index is 2.46. The standard InChI is InChI=1S/C10H12N4/c1-2-9-12-10(11)14(13-9)8-6-4-3-5-7-8/h3-7H,2H2,1H3,(H2,11,12,13). The lowest BCUT2D eigenvalue weighted by atomic mass is 10.3. The highest BCUT2D eigenvalue weighted by Gasteiger charge is 2.05. The molecule has 0 amide bonds. The van der Waals surface area contributed by atoms with Crippen LogP contribution in [-0.2, 0) is 6.42 Å². The maximum atomic E-state index is 5.74. The van der Waals surface area contributed by atoms with Crippen molar-refractivity contribution < 1.29 is 0 Å². The molecule has 0 aliphatic heterocycles. The quantitative estimate of drug-likeness (QED) is 0.775. The summed E-state index contributed by atoms with van der Waals surface area (Å²) >= 11 is 0. The Morgan fingerprint density at radius 3 is 2.57 bits per heavy atom. The number of rotatable bonds is 2. The fourth-order valence-electron chi connectivity index (χ4n) is 1.28. The summed E-state index contributed by atoms with van der Waals surface area (Å²) < 4.78 is 1.65. The van der Waals surface area contributed by atoms with Gasteiger partial charge in [0.1, 0.15) is 0 Å². The maximum absolute atomic E-state index is 5.74. The van der Waals surface area contributed by atoms with Gasteiger partial charge in [0.15, 0.2) is 5.82 Å². The van der Waals surface area contributed by atoms with Gasteiger partial charge in [0.2, 0.25) is 5.95 Å². The van der Waals surface area contributed by atoms with E-state index in [1.54, 1.807) is 4.68 Å². The van der Waals surface area contributed by atoms with E-state index in [2.05, 4.69) is 10.1 Å². The van der Waals surface area contributed by atoms with Crippen molar-refractivity contribution in [1.29, 1.82) is 0 Å². The Bertz CT molecular complexity index is 419. The van der Waals surface area contributed by atoms with Gasteiger partial charge < -0.3 is 5.73 Å². The topological polar surface area (TPSA) is 56.7 Å². The van der Waals surface area contributed by atoms with Crippen molar-refractivity contribution in [3.8, 4) is 5.69 Å². The fourth-order valence-corrected chi connectivity index (χ4v) is 1.28. The minimum Gasteiger partial charge on any atom is -0.368 e. The van der Waals surface area contributed by atoms with Crippen LogP contribution in [0.5, 0.6) is 0 Å². The zero-order valence-corrected chi connectivity index (χ0v) is 8.01. The Morgan fingerprint density at radius 2 is 2.00 bits per heavy atom. The van der Waals surface area contributed by atoms with Gasteiger partial charge in [-0.3, -0.25) is 0 Å². The largest absolute Gasteiger partial charge is 0.368 e. The Kier molecular flexibility index (Phi) is 2.18. The number of anilines is 1. The second-order valence-electron chi connectivity index (χ2n) is 2.99. The molecule has 4 heteroatoms. The number of para-hydroxylation sites is 1. The maximum Gasteiger partial charge on any atom is 0.223 e. The number of nitrogens with two attached hydrogens (primary N) is 1. The van der Waals surface area contributed by atoms with Crippen LogP contribution in [0, 0.1) is 0 Å². The molecule has 0 atom stereocenters. The van der Waals surface area contributed by atoms with Crippen molar-refractivity contribution in [2.24, 2.45) is 0 Å². The second kappa shape index (κ2) is 3.49. The predicted octanol–water partition coefficient (Wildman–Crippen LogP) is 1.41. The molecule has 0 bridgehead atoms. The van der Waals surface area contributed by atoms with Crippen LogP contribution in [0.1, 0.15) is 12.7 Å². The monoisotopic (exact) mass is 188 g/mol. The van der Waals surface area contributed by atoms with Crippen LogP contribution in [0.2, 0.25) is 0 Å². The van der Waals surface area contributed by atoms with Crippen molar-refractivity contribution in [3.05, 3.63) is 36.2 Å². The van der Waals surface area contributed by atoms with Crippen LogP contribution < -0.4 is 5.73 Å². The molecule has 72 valence electrons. The van der Waals surface area contributed by atoms with Crippen LogP contribution >= 0.6 is 0 Å². The van der Waals surface area contributed by atoms with Crippen molar-refractivity contribution in [3.63, 3.8) is 0 Å². The summed E-state index contributed by atoms with van der Waals surface area (Å²) in [4.78, 5) is 4.14. The zero-order chi connectivity index (χ0) is 9.97. The summed E-state index contributed by atoms with van der Waals surface area (Å²) in [6.07, 6.45) is 0.796. The van der Waals surface area contributed by atoms with E-state index in [4.69, 9.17) is 5.73 Å². The summed E-state index contributed by atoms with van der Waals surface area (Å²) in [6, 6.07) is 9.75. The number of hydrogen-bond donors (Lipinski definition) is 1. The average molecular weight is 188 g/mol. The minimum absolute atomic E-state index is 0.438. The Labute approximate surface area is 82.4 Å². The van der Waals surface area contributed by atoms with Crippen LogP contribution in [-0.4, -0.2) is 14.8 Å². The van der Waals surface area contributed by atoms with E-state index in [0.29, 0.717) is 5.95 Å². The first-order valence-corrected chi connectivity index (χ1v) is 4.58. The second-order valence-corrected chi connectivity index (χ2v) is 2.99. The van der Waals surface area contributed by atoms with Gasteiger partial charge in [0.05, 0.1) is 5.69 Å². The molecule has 0 fully saturated rings. The van der Waals surface area contributed by atoms with E-state index in [-0.39, 0.29) is 0 Å². The van der Waals surface area contributed by atoms with Gasteiger partial charge in [-0.15, -0.1) is 5.10 Å². The molecule has 2 aromatic rings. The van der Waals surface area contributed by atoms with Gasteiger partial charge in [-0.2, -0.15) is 9.67 Å². The third-order valence-electron chi connectivity index (χ3n) is 1.99. The number of nitrogens with zero attached hydrogens (tertiary/aromatic N) is 3. The summed E-state index contributed by atoms with van der Waals surface area (Å²) in [6.45, 7) is 2.00. The molecular weight excluding hydrogens is 176 g/mol. The number of aryl methyl sites for hydroxylation is 1. The van der Waals surface area contributed by atoms with Gasteiger partial charge in [0.25, 0.3) is 0 Å². The average Bonchev–Trinajstić information content (AvgIpc) is 2.61. The lowest BCUT2D eigenvalue weighted by molar-refractivity contribution is 0.845. The summed E-state index contributed by atoms with van der Waals surface area (Å²) in [5.74, 6) is 1.21. The molecule has 0 saturated heterocycles.